The highest BCUT2D eigenvalue weighted by Crippen LogP contribution is 2.39. The van der Waals surface area contributed by atoms with Crippen molar-refractivity contribution < 1.29 is 22.4 Å². The van der Waals surface area contributed by atoms with Crippen LogP contribution < -0.4 is 10.2 Å². The maximum Gasteiger partial charge on any atom is 0.245 e. The minimum atomic E-state index is -3.87. The summed E-state index contributed by atoms with van der Waals surface area (Å²) in [5.41, 5.74) is 1.67. The van der Waals surface area contributed by atoms with Crippen molar-refractivity contribution in [3.05, 3.63) is 52.3 Å². The summed E-state index contributed by atoms with van der Waals surface area (Å²) in [6, 6.07) is 9.08. The summed E-state index contributed by atoms with van der Waals surface area (Å²) >= 11 is 3.41. The van der Waals surface area contributed by atoms with Gasteiger partial charge in [0.15, 0.2) is 0 Å². The first kappa shape index (κ1) is 23.8. The average Bonchev–Trinajstić information content (AvgIpc) is 3.21. The largest absolute Gasteiger partial charge is 0.326 e. The van der Waals surface area contributed by atoms with Gasteiger partial charge in [0, 0.05) is 42.1 Å². The molecule has 0 aliphatic carbocycles. The highest BCUT2D eigenvalue weighted by atomic mass is 79.9. The zero-order valence-electron chi connectivity index (χ0n) is 18.2. The van der Waals surface area contributed by atoms with Gasteiger partial charge in [-0.1, -0.05) is 28.9 Å². The van der Waals surface area contributed by atoms with Crippen LogP contribution in [0, 0.1) is 11.7 Å². The molecule has 0 bridgehead atoms. The Bertz CT molecular complexity index is 1200. The molecule has 2 aromatic rings. The van der Waals surface area contributed by atoms with Crippen molar-refractivity contribution >= 4 is 49.1 Å². The Labute approximate surface area is 201 Å². The van der Waals surface area contributed by atoms with Crippen LogP contribution in [0.3, 0.4) is 0 Å². The first-order valence-corrected chi connectivity index (χ1v) is 13.1. The molecule has 1 saturated heterocycles. The normalized spacial score (nSPS) is 17.1. The molecule has 7 nitrogen and oxygen atoms in total. The Hall–Kier alpha value is -2.30. The molecule has 1 fully saturated rings. The minimum absolute atomic E-state index is 0.111. The van der Waals surface area contributed by atoms with Crippen LogP contribution >= 0.6 is 15.9 Å². The first-order chi connectivity index (χ1) is 15.7. The molecule has 0 atom stereocenters. The second-order valence-corrected chi connectivity index (χ2v) is 11.1. The molecule has 0 spiro atoms. The lowest BCUT2D eigenvalue weighted by molar-refractivity contribution is -0.121. The number of carbonyl (C=O) groups is 2. The number of halogens is 2. The number of nitrogens with one attached hydrogen (secondary N) is 1. The van der Waals surface area contributed by atoms with E-state index in [-0.39, 0.29) is 35.7 Å². The summed E-state index contributed by atoms with van der Waals surface area (Å²) in [6.07, 6.45) is 1.61. The maximum atomic E-state index is 13.6. The van der Waals surface area contributed by atoms with Gasteiger partial charge in [-0.05, 0) is 55.2 Å². The Kier molecular flexibility index (Phi) is 6.88. The molecular formula is C23H25BrFN3O4S. The van der Waals surface area contributed by atoms with Crippen LogP contribution in [0.2, 0.25) is 0 Å². The fourth-order valence-corrected chi connectivity index (χ4v) is 6.80. The summed E-state index contributed by atoms with van der Waals surface area (Å²) in [5, 5.41) is 2.71. The molecule has 1 N–H and O–H groups in total. The molecule has 2 heterocycles. The molecule has 4 rings (SSSR count). The van der Waals surface area contributed by atoms with Gasteiger partial charge in [-0.15, -0.1) is 0 Å². The molecule has 0 aromatic heterocycles. The van der Waals surface area contributed by atoms with Crippen LogP contribution in [0.4, 0.5) is 15.8 Å². The molecule has 176 valence electrons. The number of benzene rings is 2. The van der Waals surface area contributed by atoms with E-state index in [0.717, 1.165) is 5.56 Å². The van der Waals surface area contributed by atoms with Crippen LogP contribution in [0.25, 0.3) is 0 Å². The van der Waals surface area contributed by atoms with Crippen LogP contribution in [-0.4, -0.2) is 44.2 Å². The van der Waals surface area contributed by atoms with Crippen molar-refractivity contribution in [3.8, 4) is 0 Å². The number of amides is 2. The number of piperidine rings is 1. The van der Waals surface area contributed by atoms with E-state index in [1.54, 1.807) is 24.0 Å². The molecule has 2 amide bonds. The fourth-order valence-electron chi connectivity index (χ4n) is 4.41. The van der Waals surface area contributed by atoms with Crippen molar-refractivity contribution in [1.29, 1.82) is 0 Å². The molecule has 2 aliphatic rings. The Morgan fingerprint density at radius 1 is 1.15 bits per heavy atom. The van der Waals surface area contributed by atoms with Gasteiger partial charge in [0.1, 0.15) is 10.7 Å². The van der Waals surface area contributed by atoms with Crippen LogP contribution in [-0.2, 0) is 26.0 Å². The number of carbonyl (C=O) groups excluding carboxylic acids is 2. The van der Waals surface area contributed by atoms with Crippen molar-refractivity contribution in [2.75, 3.05) is 29.9 Å². The molecule has 0 radical (unpaired) electrons. The van der Waals surface area contributed by atoms with E-state index in [1.165, 1.54) is 22.5 Å². The van der Waals surface area contributed by atoms with E-state index in [4.69, 9.17) is 0 Å². The summed E-state index contributed by atoms with van der Waals surface area (Å²) < 4.78 is 42.6. The summed E-state index contributed by atoms with van der Waals surface area (Å²) in [4.78, 5) is 26.7. The second kappa shape index (κ2) is 9.52. The number of anilines is 2. The Morgan fingerprint density at radius 3 is 2.55 bits per heavy atom. The van der Waals surface area contributed by atoms with Gasteiger partial charge in [0.2, 0.25) is 21.8 Å². The number of hydrogen-bond acceptors (Lipinski definition) is 4. The van der Waals surface area contributed by atoms with Gasteiger partial charge in [-0.3, -0.25) is 9.59 Å². The standard InChI is InChI=1S/C23H25BrFN3O4S/c1-2-21(29)28-11-8-16-12-17(24)13-20(22(16)28)33(31,32)27-9-6-15(7-10-27)23(30)26-19-5-3-4-18(25)14-19/h3-5,12-15H,2,6-11H2,1H3,(H,26,30). The molecule has 0 saturated carbocycles. The number of rotatable bonds is 5. The lowest BCUT2D eigenvalue weighted by Crippen LogP contribution is -2.42. The maximum absolute atomic E-state index is 13.6. The number of fused-ring (bicyclic) bond motifs is 1. The first-order valence-electron chi connectivity index (χ1n) is 10.9. The SMILES string of the molecule is CCC(=O)N1CCc2cc(Br)cc(S(=O)(=O)N3CCC(C(=O)Nc4cccc(F)c4)CC3)c21. The number of hydrogen-bond donors (Lipinski definition) is 1. The van der Waals surface area contributed by atoms with Gasteiger partial charge in [0.25, 0.3) is 0 Å². The molecule has 2 aliphatic heterocycles. The van der Waals surface area contributed by atoms with Gasteiger partial charge >= 0.3 is 0 Å². The van der Waals surface area contributed by atoms with Crippen LogP contribution in [0.5, 0.6) is 0 Å². The predicted molar refractivity (Wildman–Crippen MR) is 127 cm³/mol. The van der Waals surface area contributed by atoms with E-state index in [9.17, 15) is 22.4 Å². The van der Waals surface area contributed by atoms with Gasteiger partial charge in [-0.2, -0.15) is 4.31 Å². The number of sulfonamides is 1. The molecular weight excluding hydrogens is 513 g/mol. The highest BCUT2D eigenvalue weighted by molar-refractivity contribution is 9.10. The second-order valence-electron chi connectivity index (χ2n) is 8.24. The third-order valence-electron chi connectivity index (χ3n) is 6.13. The third-order valence-corrected chi connectivity index (χ3v) is 8.50. The fraction of sp³-hybridized carbons (Fsp3) is 0.391. The van der Waals surface area contributed by atoms with Gasteiger partial charge < -0.3 is 10.2 Å². The minimum Gasteiger partial charge on any atom is -0.326 e. The van der Waals surface area contributed by atoms with Gasteiger partial charge in [0.05, 0.1) is 5.69 Å². The quantitative estimate of drug-likeness (QED) is 0.626. The Morgan fingerprint density at radius 2 is 1.88 bits per heavy atom. The highest BCUT2D eigenvalue weighted by Gasteiger charge is 2.37. The van der Waals surface area contributed by atoms with E-state index in [0.29, 0.717) is 48.1 Å². The zero-order valence-corrected chi connectivity index (χ0v) is 20.6. The number of nitrogens with zero attached hydrogens (tertiary/aromatic N) is 2. The van der Waals surface area contributed by atoms with E-state index in [1.807, 2.05) is 6.07 Å². The molecule has 33 heavy (non-hydrogen) atoms. The van der Waals surface area contributed by atoms with Crippen molar-refractivity contribution in [2.24, 2.45) is 5.92 Å². The van der Waals surface area contributed by atoms with Crippen LogP contribution in [0.15, 0.2) is 45.8 Å². The summed E-state index contributed by atoms with van der Waals surface area (Å²) in [7, 11) is -3.87. The molecule has 2 aromatic carbocycles. The zero-order chi connectivity index (χ0) is 23.8. The average molecular weight is 538 g/mol. The third kappa shape index (κ3) is 4.83. The van der Waals surface area contributed by atoms with Gasteiger partial charge in [-0.25, -0.2) is 12.8 Å². The summed E-state index contributed by atoms with van der Waals surface area (Å²) in [5.74, 6) is -1.17. The summed E-state index contributed by atoms with van der Waals surface area (Å²) in [6.45, 7) is 2.59. The monoisotopic (exact) mass is 537 g/mol. The molecule has 10 heteroatoms. The van der Waals surface area contributed by atoms with Crippen molar-refractivity contribution in [1.82, 2.24) is 4.31 Å². The predicted octanol–water partition coefficient (Wildman–Crippen LogP) is 3.93. The van der Waals surface area contributed by atoms with E-state index in [2.05, 4.69) is 21.2 Å². The lowest BCUT2D eigenvalue weighted by atomic mass is 9.97. The molecule has 0 unspecified atom stereocenters. The van der Waals surface area contributed by atoms with Crippen molar-refractivity contribution in [3.63, 3.8) is 0 Å². The Balaban J connectivity index is 1.51. The smallest absolute Gasteiger partial charge is 0.245 e. The van der Waals surface area contributed by atoms with E-state index >= 15 is 0 Å². The van der Waals surface area contributed by atoms with E-state index < -0.39 is 15.8 Å². The van der Waals surface area contributed by atoms with Crippen molar-refractivity contribution in [2.45, 2.75) is 37.5 Å². The topological polar surface area (TPSA) is 86.8 Å². The van der Waals surface area contributed by atoms with Crippen LogP contribution in [0.1, 0.15) is 31.7 Å². The lowest BCUT2D eigenvalue weighted by Gasteiger charge is -2.31.